The molecule has 0 bridgehead atoms. The largest absolute Gasteiger partial charge is 0.471 e. The van der Waals surface area contributed by atoms with Crippen molar-refractivity contribution in [1.29, 1.82) is 0 Å². The van der Waals surface area contributed by atoms with Crippen molar-refractivity contribution in [3.05, 3.63) is 47.5 Å². The molecule has 0 unspecified atom stereocenters. The zero-order chi connectivity index (χ0) is 18.7. The van der Waals surface area contributed by atoms with E-state index in [0.29, 0.717) is 28.7 Å². The van der Waals surface area contributed by atoms with E-state index in [9.17, 15) is 4.79 Å². The number of nitrogens with one attached hydrogen (secondary N) is 1. The molecular formula is C18H21N5O3. The van der Waals surface area contributed by atoms with Crippen LogP contribution in [0, 0.1) is 6.92 Å². The van der Waals surface area contributed by atoms with Gasteiger partial charge >= 0.3 is 0 Å². The van der Waals surface area contributed by atoms with Crippen molar-refractivity contribution in [2.24, 2.45) is 7.05 Å². The highest BCUT2D eigenvalue weighted by Gasteiger charge is 2.18. The van der Waals surface area contributed by atoms with Crippen LogP contribution in [0.1, 0.15) is 35.7 Å². The summed E-state index contributed by atoms with van der Waals surface area (Å²) in [6, 6.07) is 7.23. The summed E-state index contributed by atoms with van der Waals surface area (Å²) >= 11 is 0. The fourth-order valence-corrected chi connectivity index (χ4v) is 2.47. The summed E-state index contributed by atoms with van der Waals surface area (Å²) in [7, 11) is 1.70. The van der Waals surface area contributed by atoms with Crippen LogP contribution in [-0.4, -0.2) is 31.9 Å². The third-order valence-electron chi connectivity index (χ3n) is 3.77. The topological polar surface area (TPSA) is 95.1 Å². The van der Waals surface area contributed by atoms with E-state index in [1.807, 2.05) is 39.0 Å². The maximum absolute atomic E-state index is 12.2. The van der Waals surface area contributed by atoms with Crippen molar-refractivity contribution in [3.63, 3.8) is 0 Å². The second-order valence-corrected chi connectivity index (χ2v) is 6.19. The Bertz CT molecular complexity index is 899. The first kappa shape index (κ1) is 17.7. The lowest BCUT2D eigenvalue weighted by Crippen LogP contribution is -2.31. The van der Waals surface area contributed by atoms with Gasteiger partial charge < -0.3 is 14.6 Å². The third kappa shape index (κ3) is 3.74. The maximum atomic E-state index is 12.2. The SMILES string of the molecule is Cc1onc(-c2ccccn2)c1COc1cc(C(=O)NC(C)C)n(C)n1. The lowest BCUT2D eigenvalue weighted by atomic mass is 10.1. The van der Waals surface area contributed by atoms with Crippen molar-refractivity contribution in [3.8, 4) is 17.3 Å². The highest BCUT2D eigenvalue weighted by Crippen LogP contribution is 2.25. The average Bonchev–Trinajstić information content (AvgIpc) is 3.16. The molecule has 8 nitrogen and oxygen atoms in total. The van der Waals surface area contributed by atoms with Gasteiger partial charge in [-0.1, -0.05) is 11.2 Å². The second kappa shape index (κ2) is 7.38. The minimum atomic E-state index is -0.194. The van der Waals surface area contributed by atoms with Crippen LogP contribution in [0.15, 0.2) is 35.0 Å². The van der Waals surface area contributed by atoms with Gasteiger partial charge in [-0.2, -0.15) is 0 Å². The van der Waals surface area contributed by atoms with E-state index in [1.54, 1.807) is 19.3 Å². The van der Waals surface area contributed by atoms with Gasteiger partial charge in [-0.25, -0.2) is 0 Å². The Morgan fingerprint density at radius 3 is 2.88 bits per heavy atom. The van der Waals surface area contributed by atoms with E-state index >= 15 is 0 Å². The number of ether oxygens (including phenoxy) is 1. The molecule has 1 N–H and O–H groups in total. The van der Waals surface area contributed by atoms with Crippen LogP contribution in [0.4, 0.5) is 0 Å². The minimum absolute atomic E-state index is 0.0438. The fraction of sp³-hybridized carbons (Fsp3) is 0.333. The molecule has 3 heterocycles. The Kier molecular flexibility index (Phi) is 5.01. The maximum Gasteiger partial charge on any atom is 0.269 e. The van der Waals surface area contributed by atoms with Crippen molar-refractivity contribution >= 4 is 5.91 Å². The highest BCUT2D eigenvalue weighted by molar-refractivity contribution is 5.93. The van der Waals surface area contributed by atoms with E-state index in [0.717, 1.165) is 5.56 Å². The molecule has 0 spiro atoms. The van der Waals surface area contributed by atoms with Crippen LogP contribution in [0.25, 0.3) is 11.4 Å². The number of amides is 1. The van der Waals surface area contributed by atoms with E-state index in [2.05, 4.69) is 20.6 Å². The number of nitrogens with zero attached hydrogens (tertiary/aromatic N) is 4. The molecule has 3 aromatic rings. The number of pyridine rings is 1. The summed E-state index contributed by atoms with van der Waals surface area (Å²) in [6.45, 7) is 5.83. The van der Waals surface area contributed by atoms with Crippen LogP contribution in [0.5, 0.6) is 5.88 Å². The van der Waals surface area contributed by atoms with Gasteiger partial charge in [0.15, 0.2) is 0 Å². The molecule has 0 saturated carbocycles. The number of hydrogen-bond donors (Lipinski definition) is 1. The summed E-state index contributed by atoms with van der Waals surface area (Å²) in [5, 5.41) is 11.1. The molecule has 1 amide bonds. The summed E-state index contributed by atoms with van der Waals surface area (Å²) in [5.41, 5.74) is 2.57. The molecule has 3 aromatic heterocycles. The van der Waals surface area contributed by atoms with Crippen LogP contribution in [0.3, 0.4) is 0 Å². The van der Waals surface area contributed by atoms with Gasteiger partial charge in [0, 0.05) is 25.4 Å². The molecule has 8 heteroatoms. The van der Waals surface area contributed by atoms with Crippen molar-refractivity contribution in [1.82, 2.24) is 25.2 Å². The summed E-state index contributed by atoms with van der Waals surface area (Å²) in [4.78, 5) is 16.5. The van der Waals surface area contributed by atoms with Gasteiger partial charge in [-0.15, -0.1) is 5.10 Å². The van der Waals surface area contributed by atoms with E-state index in [4.69, 9.17) is 9.26 Å². The van der Waals surface area contributed by atoms with Gasteiger partial charge in [0.2, 0.25) is 5.88 Å². The molecule has 0 saturated heterocycles. The predicted octanol–water partition coefficient (Wildman–Crippen LogP) is 2.50. The molecule has 136 valence electrons. The molecule has 3 rings (SSSR count). The molecule has 0 aliphatic heterocycles. The van der Waals surface area contributed by atoms with Gasteiger partial charge in [-0.05, 0) is 32.9 Å². The van der Waals surface area contributed by atoms with E-state index in [-0.39, 0.29) is 18.6 Å². The number of carbonyl (C=O) groups is 1. The van der Waals surface area contributed by atoms with Crippen molar-refractivity contribution in [2.45, 2.75) is 33.4 Å². The second-order valence-electron chi connectivity index (χ2n) is 6.19. The molecule has 26 heavy (non-hydrogen) atoms. The minimum Gasteiger partial charge on any atom is -0.471 e. The Morgan fingerprint density at radius 1 is 1.38 bits per heavy atom. The molecule has 0 aromatic carbocycles. The number of hydrogen-bond acceptors (Lipinski definition) is 6. The van der Waals surface area contributed by atoms with Gasteiger partial charge in [-0.3, -0.25) is 14.5 Å². The predicted molar refractivity (Wildman–Crippen MR) is 94.6 cm³/mol. The quantitative estimate of drug-likeness (QED) is 0.730. The molecule has 0 aliphatic carbocycles. The molecular weight excluding hydrogens is 334 g/mol. The van der Waals surface area contributed by atoms with Crippen molar-refractivity contribution < 1.29 is 14.1 Å². The number of rotatable bonds is 6. The van der Waals surface area contributed by atoms with Crippen LogP contribution >= 0.6 is 0 Å². The van der Waals surface area contributed by atoms with Gasteiger partial charge in [0.05, 0.1) is 11.3 Å². The van der Waals surface area contributed by atoms with Crippen LogP contribution in [-0.2, 0) is 13.7 Å². The Morgan fingerprint density at radius 2 is 2.19 bits per heavy atom. The normalized spacial score (nSPS) is 11.0. The average molecular weight is 355 g/mol. The molecule has 0 aliphatic rings. The smallest absolute Gasteiger partial charge is 0.269 e. The number of aryl methyl sites for hydroxylation is 2. The first-order chi connectivity index (χ1) is 12.5. The summed E-state index contributed by atoms with van der Waals surface area (Å²) < 4.78 is 12.6. The Hall–Kier alpha value is -3.16. The first-order valence-electron chi connectivity index (χ1n) is 8.30. The van der Waals surface area contributed by atoms with E-state index < -0.39 is 0 Å². The number of aromatic nitrogens is 4. The first-order valence-corrected chi connectivity index (χ1v) is 8.30. The van der Waals surface area contributed by atoms with Gasteiger partial charge in [0.25, 0.3) is 5.91 Å². The third-order valence-corrected chi connectivity index (χ3v) is 3.77. The Balaban J connectivity index is 1.77. The van der Waals surface area contributed by atoms with E-state index in [1.165, 1.54) is 4.68 Å². The monoisotopic (exact) mass is 355 g/mol. The van der Waals surface area contributed by atoms with Crippen LogP contribution in [0.2, 0.25) is 0 Å². The van der Waals surface area contributed by atoms with Crippen molar-refractivity contribution in [2.75, 3.05) is 0 Å². The Labute approximate surface area is 151 Å². The molecule has 0 fully saturated rings. The fourth-order valence-electron chi connectivity index (χ4n) is 2.47. The highest BCUT2D eigenvalue weighted by atomic mass is 16.5. The zero-order valence-corrected chi connectivity index (χ0v) is 15.2. The number of carbonyl (C=O) groups excluding carboxylic acids is 1. The van der Waals surface area contributed by atoms with Gasteiger partial charge in [0.1, 0.15) is 23.8 Å². The lowest BCUT2D eigenvalue weighted by Gasteiger charge is -2.07. The molecule has 0 atom stereocenters. The summed E-state index contributed by atoms with van der Waals surface area (Å²) in [6.07, 6.45) is 1.70. The standard InChI is InChI=1S/C18H21N5O3/c1-11(2)20-18(24)15-9-16(21-23(15)4)25-10-13-12(3)26-22-17(13)14-7-5-6-8-19-14/h5-9,11H,10H2,1-4H3,(H,20,24). The zero-order valence-electron chi connectivity index (χ0n) is 15.2. The molecule has 0 radical (unpaired) electrons. The van der Waals surface area contributed by atoms with Crippen LogP contribution < -0.4 is 10.1 Å². The lowest BCUT2D eigenvalue weighted by molar-refractivity contribution is 0.0933. The summed E-state index contributed by atoms with van der Waals surface area (Å²) in [5.74, 6) is 0.813.